The number of pyridine rings is 1. The van der Waals surface area contributed by atoms with Crippen molar-refractivity contribution < 1.29 is 4.79 Å². The number of nitrogens with zero attached hydrogens (tertiary/aromatic N) is 2. The second-order valence-corrected chi connectivity index (χ2v) is 7.84. The van der Waals surface area contributed by atoms with Crippen molar-refractivity contribution in [3.05, 3.63) is 52.8 Å². The molecule has 3 aromatic rings. The molecule has 24 heavy (non-hydrogen) atoms. The summed E-state index contributed by atoms with van der Waals surface area (Å²) < 4.78 is 3.42. The molecule has 1 N–H and O–H groups in total. The topological polar surface area (TPSA) is 46.9 Å². The lowest BCUT2D eigenvalue weighted by Gasteiger charge is -2.26. The minimum Gasteiger partial charge on any atom is -0.345 e. The van der Waals surface area contributed by atoms with Gasteiger partial charge in [-0.2, -0.15) is 0 Å². The van der Waals surface area contributed by atoms with E-state index in [9.17, 15) is 4.79 Å². The maximum absolute atomic E-state index is 12.7. The van der Waals surface area contributed by atoms with Crippen LogP contribution in [0.15, 0.2) is 36.5 Å². The Bertz CT molecular complexity index is 862. The number of carbonyl (C=O) groups is 1. The van der Waals surface area contributed by atoms with Gasteiger partial charge in [-0.15, -0.1) is 11.3 Å². The number of aromatic nitrogens is 2. The molecule has 0 bridgehead atoms. The molecule has 3 heterocycles. The van der Waals surface area contributed by atoms with Crippen LogP contribution in [0.4, 0.5) is 0 Å². The number of amides is 1. The first-order valence-corrected chi connectivity index (χ1v) is 9.30. The maximum Gasteiger partial charge on any atom is 0.268 e. The fourth-order valence-electron chi connectivity index (χ4n) is 3.25. The van der Waals surface area contributed by atoms with Gasteiger partial charge in [0.2, 0.25) is 0 Å². The van der Waals surface area contributed by atoms with Crippen LogP contribution in [0.5, 0.6) is 0 Å². The van der Waals surface area contributed by atoms with Crippen LogP contribution in [0.3, 0.4) is 0 Å². The van der Waals surface area contributed by atoms with Gasteiger partial charge in [0.15, 0.2) is 0 Å². The highest BCUT2D eigenvalue weighted by Gasteiger charge is 2.23. The van der Waals surface area contributed by atoms with Crippen LogP contribution in [0.25, 0.3) is 10.2 Å². The van der Waals surface area contributed by atoms with Crippen LogP contribution in [-0.2, 0) is 13.1 Å². The lowest BCUT2D eigenvalue weighted by Crippen LogP contribution is -2.27. The Morgan fingerprint density at radius 1 is 1.38 bits per heavy atom. The molecule has 4 nitrogen and oxygen atoms in total. The summed E-state index contributed by atoms with van der Waals surface area (Å²) in [5.74, 6) is 0.698. The van der Waals surface area contributed by atoms with Crippen molar-refractivity contribution in [3.63, 3.8) is 0 Å². The van der Waals surface area contributed by atoms with Crippen LogP contribution < -0.4 is 5.32 Å². The Morgan fingerprint density at radius 2 is 2.25 bits per heavy atom. The SMILES string of the molecule is Cc1cc2c(cc(C(=O)NCc3ccccn3)n2CC2CCC2)s1. The van der Waals surface area contributed by atoms with Crippen LogP contribution in [-0.4, -0.2) is 15.5 Å². The van der Waals surface area contributed by atoms with E-state index in [2.05, 4.69) is 27.9 Å². The molecule has 0 aliphatic heterocycles. The van der Waals surface area contributed by atoms with Gasteiger partial charge in [-0.05, 0) is 49.9 Å². The number of thiophene rings is 1. The second kappa shape index (κ2) is 6.40. The fourth-order valence-corrected chi connectivity index (χ4v) is 4.21. The first kappa shape index (κ1) is 15.4. The summed E-state index contributed by atoms with van der Waals surface area (Å²) in [5, 5.41) is 3.01. The van der Waals surface area contributed by atoms with Crippen molar-refractivity contribution in [2.24, 2.45) is 5.92 Å². The molecular formula is C19H21N3OS. The minimum absolute atomic E-state index is 0.0129. The maximum atomic E-state index is 12.7. The van der Waals surface area contributed by atoms with Crippen molar-refractivity contribution in [3.8, 4) is 0 Å². The molecule has 1 saturated carbocycles. The van der Waals surface area contributed by atoms with Gasteiger partial charge < -0.3 is 9.88 Å². The van der Waals surface area contributed by atoms with Gasteiger partial charge in [-0.25, -0.2) is 0 Å². The lowest BCUT2D eigenvalue weighted by molar-refractivity contribution is 0.0939. The van der Waals surface area contributed by atoms with Gasteiger partial charge in [-0.3, -0.25) is 9.78 Å². The molecule has 1 amide bonds. The number of carbonyl (C=O) groups excluding carboxylic acids is 1. The molecule has 5 heteroatoms. The van der Waals surface area contributed by atoms with Gasteiger partial charge in [0.1, 0.15) is 5.69 Å². The zero-order chi connectivity index (χ0) is 16.5. The van der Waals surface area contributed by atoms with Gasteiger partial charge >= 0.3 is 0 Å². The Labute approximate surface area is 145 Å². The Hall–Kier alpha value is -2.14. The van der Waals surface area contributed by atoms with Gasteiger partial charge in [0, 0.05) is 17.6 Å². The normalized spacial score (nSPS) is 14.7. The van der Waals surface area contributed by atoms with E-state index in [4.69, 9.17) is 0 Å². The third-order valence-electron chi connectivity index (χ3n) is 4.77. The molecule has 0 atom stereocenters. The molecule has 0 saturated heterocycles. The van der Waals surface area contributed by atoms with E-state index in [-0.39, 0.29) is 5.91 Å². The highest BCUT2D eigenvalue weighted by Crippen LogP contribution is 2.33. The van der Waals surface area contributed by atoms with E-state index < -0.39 is 0 Å². The number of fused-ring (bicyclic) bond motifs is 1. The number of hydrogen-bond donors (Lipinski definition) is 1. The average molecular weight is 339 g/mol. The predicted octanol–water partition coefficient (Wildman–Crippen LogP) is 4.14. The number of nitrogens with one attached hydrogen (secondary N) is 1. The highest BCUT2D eigenvalue weighted by atomic mass is 32.1. The van der Waals surface area contributed by atoms with Crippen LogP contribution in [0.2, 0.25) is 0 Å². The van der Waals surface area contributed by atoms with Gasteiger partial charge in [0.25, 0.3) is 5.91 Å². The third kappa shape index (κ3) is 2.96. The summed E-state index contributed by atoms with van der Waals surface area (Å²) in [6.07, 6.45) is 5.62. The van der Waals surface area contributed by atoms with E-state index in [0.29, 0.717) is 12.5 Å². The molecule has 4 rings (SSSR count). The minimum atomic E-state index is -0.0129. The fraction of sp³-hybridized carbons (Fsp3) is 0.368. The summed E-state index contributed by atoms with van der Waals surface area (Å²) in [4.78, 5) is 18.3. The zero-order valence-corrected chi connectivity index (χ0v) is 14.6. The first-order chi connectivity index (χ1) is 11.7. The Kier molecular flexibility index (Phi) is 4.10. The Morgan fingerprint density at radius 3 is 2.96 bits per heavy atom. The summed E-state index contributed by atoms with van der Waals surface area (Å²) in [6.45, 7) is 3.53. The van der Waals surface area contributed by atoms with Crippen LogP contribution >= 0.6 is 11.3 Å². The van der Waals surface area contributed by atoms with Gasteiger partial charge in [-0.1, -0.05) is 12.5 Å². The van der Waals surface area contributed by atoms with Crippen molar-refractivity contribution in [2.45, 2.75) is 39.3 Å². The summed E-state index contributed by atoms with van der Waals surface area (Å²) in [5.41, 5.74) is 2.85. The monoisotopic (exact) mass is 339 g/mol. The number of aryl methyl sites for hydroxylation is 1. The first-order valence-electron chi connectivity index (χ1n) is 8.48. The smallest absolute Gasteiger partial charge is 0.268 e. The third-order valence-corrected chi connectivity index (χ3v) is 5.75. The molecule has 0 aromatic carbocycles. The molecule has 1 fully saturated rings. The quantitative estimate of drug-likeness (QED) is 0.759. The zero-order valence-electron chi connectivity index (χ0n) is 13.8. The molecule has 0 spiro atoms. The molecule has 1 aliphatic carbocycles. The largest absolute Gasteiger partial charge is 0.345 e. The molecule has 1 aliphatic rings. The van der Waals surface area contributed by atoms with E-state index in [1.54, 1.807) is 17.5 Å². The average Bonchev–Trinajstić information content (AvgIpc) is 3.06. The standard InChI is InChI=1S/C19H21N3OS/c1-13-9-16-18(24-13)10-17(22(16)12-14-5-4-6-14)19(23)21-11-15-7-2-3-8-20-15/h2-3,7-10,14H,4-6,11-12H2,1H3,(H,21,23). The molecule has 0 unspecified atom stereocenters. The van der Waals surface area contributed by atoms with Crippen LogP contribution in [0.1, 0.15) is 40.3 Å². The molecule has 124 valence electrons. The van der Waals surface area contributed by atoms with Gasteiger partial charge in [0.05, 0.1) is 22.5 Å². The second-order valence-electron chi connectivity index (χ2n) is 6.55. The number of rotatable bonds is 5. The predicted molar refractivity (Wildman–Crippen MR) is 97.3 cm³/mol. The van der Waals surface area contributed by atoms with Crippen molar-refractivity contribution in [1.29, 1.82) is 0 Å². The van der Waals surface area contributed by atoms with Crippen molar-refractivity contribution in [1.82, 2.24) is 14.9 Å². The summed E-state index contributed by atoms with van der Waals surface area (Å²) >= 11 is 1.76. The van der Waals surface area contributed by atoms with Crippen molar-refractivity contribution >= 4 is 27.5 Å². The van der Waals surface area contributed by atoms with Crippen LogP contribution in [0, 0.1) is 12.8 Å². The molecular weight excluding hydrogens is 318 g/mol. The van der Waals surface area contributed by atoms with E-state index in [1.807, 2.05) is 24.3 Å². The van der Waals surface area contributed by atoms with E-state index in [1.165, 1.54) is 34.4 Å². The van der Waals surface area contributed by atoms with E-state index >= 15 is 0 Å². The van der Waals surface area contributed by atoms with Crippen molar-refractivity contribution in [2.75, 3.05) is 0 Å². The summed E-state index contributed by atoms with van der Waals surface area (Å²) in [6, 6.07) is 9.99. The van der Waals surface area contributed by atoms with E-state index in [0.717, 1.165) is 17.9 Å². The lowest BCUT2D eigenvalue weighted by atomic mass is 9.85. The number of hydrogen-bond acceptors (Lipinski definition) is 3. The molecule has 0 radical (unpaired) electrons. The highest BCUT2D eigenvalue weighted by molar-refractivity contribution is 7.19. The Balaban J connectivity index is 1.58. The molecule has 3 aromatic heterocycles. The summed E-state index contributed by atoms with van der Waals surface area (Å²) in [7, 11) is 0.